The van der Waals surface area contributed by atoms with Gasteiger partial charge in [-0.1, -0.05) is 0 Å². The monoisotopic (exact) mass is 224 g/mol. The van der Waals surface area contributed by atoms with Crippen molar-refractivity contribution in [2.75, 3.05) is 37.9 Å². The molecule has 5 heteroatoms. The van der Waals surface area contributed by atoms with E-state index in [1.807, 2.05) is 14.0 Å². The Labute approximate surface area is 96.6 Å². The van der Waals surface area contributed by atoms with Gasteiger partial charge in [-0.05, 0) is 19.8 Å². The zero-order chi connectivity index (χ0) is 11.8. The lowest BCUT2D eigenvalue weighted by Crippen LogP contribution is -2.08. The molecule has 2 N–H and O–H groups in total. The summed E-state index contributed by atoms with van der Waals surface area (Å²) in [5.74, 6) is 1.77. The maximum Gasteiger partial charge on any atom is 0.134 e. The van der Waals surface area contributed by atoms with Gasteiger partial charge in [0.2, 0.25) is 0 Å². The average Bonchev–Trinajstić information content (AvgIpc) is 2.31. The second kappa shape index (κ2) is 7.00. The summed E-state index contributed by atoms with van der Waals surface area (Å²) in [6.07, 6.45) is 3.70. The van der Waals surface area contributed by atoms with Gasteiger partial charge in [0, 0.05) is 32.9 Å². The van der Waals surface area contributed by atoms with Crippen LogP contribution in [-0.4, -0.2) is 37.3 Å². The van der Waals surface area contributed by atoms with E-state index in [0.717, 1.165) is 43.2 Å². The first-order chi connectivity index (χ1) is 7.79. The van der Waals surface area contributed by atoms with Crippen LogP contribution in [0.3, 0.4) is 0 Å². The van der Waals surface area contributed by atoms with E-state index >= 15 is 0 Å². The Morgan fingerprint density at radius 3 is 2.69 bits per heavy atom. The summed E-state index contributed by atoms with van der Waals surface area (Å²) in [6.45, 7) is 3.72. The molecule has 1 heterocycles. The van der Waals surface area contributed by atoms with E-state index in [4.69, 9.17) is 4.74 Å². The summed E-state index contributed by atoms with van der Waals surface area (Å²) in [5, 5.41) is 6.34. The van der Waals surface area contributed by atoms with Gasteiger partial charge in [-0.2, -0.15) is 0 Å². The molecular weight excluding hydrogens is 204 g/mol. The predicted molar refractivity (Wildman–Crippen MR) is 65.9 cm³/mol. The maximum absolute atomic E-state index is 4.99. The van der Waals surface area contributed by atoms with E-state index in [1.54, 1.807) is 13.4 Å². The molecule has 0 saturated carbocycles. The molecule has 0 aliphatic rings. The summed E-state index contributed by atoms with van der Waals surface area (Å²) >= 11 is 0. The molecule has 0 radical (unpaired) electrons. The summed E-state index contributed by atoms with van der Waals surface area (Å²) < 4.78 is 4.99. The fourth-order valence-corrected chi connectivity index (χ4v) is 1.46. The standard InChI is InChI=1S/C11H20N4O/c1-9-10(12-2)14-8-15-11(9)13-6-4-5-7-16-3/h8H,4-7H2,1-3H3,(H2,12,13,14,15). The second-order valence-electron chi connectivity index (χ2n) is 3.57. The van der Waals surface area contributed by atoms with Gasteiger partial charge in [-0.15, -0.1) is 0 Å². The molecule has 0 bridgehead atoms. The van der Waals surface area contributed by atoms with Crippen LogP contribution in [-0.2, 0) is 4.74 Å². The first kappa shape index (κ1) is 12.7. The summed E-state index contributed by atoms with van der Waals surface area (Å²) in [5.41, 5.74) is 1.05. The normalized spacial score (nSPS) is 10.2. The van der Waals surface area contributed by atoms with Crippen molar-refractivity contribution < 1.29 is 4.74 Å². The number of nitrogens with zero attached hydrogens (tertiary/aromatic N) is 2. The summed E-state index contributed by atoms with van der Waals surface area (Å²) in [6, 6.07) is 0. The van der Waals surface area contributed by atoms with Crippen LogP contribution in [0.4, 0.5) is 11.6 Å². The Morgan fingerprint density at radius 1 is 1.25 bits per heavy atom. The first-order valence-electron chi connectivity index (χ1n) is 5.51. The Hall–Kier alpha value is -1.36. The largest absolute Gasteiger partial charge is 0.385 e. The molecule has 0 saturated heterocycles. The van der Waals surface area contributed by atoms with E-state index < -0.39 is 0 Å². The first-order valence-corrected chi connectivity index (χ1v) is 5.51. The Balaban J connectivity index is 2.41. The Kier molecular flexibility index (Phi) is 5.56. The van der Waals surface area contributed by atoms with Gasteiger partial charge in [-0.25, -0.2) is 9.97 Å². The molecule has 1 aromatic rings. The van der Waals surface area contributed by atoms with Crippen molar-refractivity contribution in [1.82, 2.24) is 9.97 Å². The molecule has 0 aliphatic heterocycles. The number of unbranched alkanes of at least 4 members (excludes halogenated alkanes) is 1. The third-order valence-corrected chi connectivity index (χ3v) is 2.39. The minimum atomic E-state index is 0.812. The molecule has 0 fully saturated rings. The average molecular weight is 224 g/mol. The van der Waals surface area contributed by atoms with E-state index in [-0.39, 0.29) is 0 Å². The van der Waals surface area contributed by atoms with Crippen LogP contribution < -0.4 is 10.6 Å². The SMILES string of the molecule is CNc1ncnc(NCCCCOC)c1C. The lowest BCUT2D eigenvalue weighted by Gasteiger charge is -2.10. The number of nitrogens with one attached hydrogen (secondary N) is 2. The highest BCUT2D eigenvalue weighted by Gasteiger charge is 2.04. The zero-order valence-corrected chi connectivity index (χ0v) is 10.2. The van der Waals surface area contributed by atoms with Crippen LogP contribution in [0.5, 0.6) is 0 Å². The second-order valence-corrected chi connectivity index (χ2v) is 3.57. The number of hydrogen-bond acceptors (Lipinski definition) is 5. The quantitative estimate of drug-likeness (QED) is 0.690. The number of methoxy groups -OCH3 is 1. The smallest absolute Gasteiger partial charge is 0.134 e. The van der Waals surface area contributed by atoms with Crippen molar-refractivity contribution >= 4 is 11.6 Å². The van der Waals surface area contributed by atoms with Crippen molar-refractivity contribution in [3.63, 3.8) is 0 Å². The number of aromatic nitrogens is 2. The van der Waals surface area contributed by atoms with Gasteiger partial charge in [0.05, 0.1) is 0 Å². The Bertz CT molecular complexity index is 317. The van der Waals surface area contributed by atoms with E-state index in [9.17, 15) is 0 Å². The molecule has 5 nitrogen and oxygen atoms in total. The van der Waals surface area contributed by atoms with Crippen molar-refractivity contribution in [1.29, 1.82) is 0 Å². The third kappa shape index (κ3) is 3.66. The molecule has 16 heavy (non-hydrogen) atoms. The topological polar surface area (TPSA) is 59.1 Å². The van der Waals surface area contributed by atoms with E-state index in [0.29, 0.717) is 0 Å². The van der Waals surface area contributed by atoms with Crippen molar-refractivity contribution in [3.05, 3.63) is 11.9 Å². The van der Waals surface area contributed by atoms with Crippen molar-refractivity contribution in [3.8, 4) is 0 Å². The van der Waals surface area contributed by atoms with Crippen LogP contribution in [0.2, 0.25) is 0 Å². The minimum absolute atomic E-state index is 0.812. The molecule has 1 aromatic heterocycles. The minimum Gasteiger partial charge on any atom is -0.385 e. The van der Waals surface area contributed by atoms with Crippen LogP contribution in [0, 0.1) is 6.92 Å². The van der Waals surface area contributed by atoms with Gasteiger partial charge >= 0.3 is 0 Å². The number of rotatable bonds is 7. The molecular formula is C11H20N4O. The van der Waals surface area contributed by atoms with Crippen LogP contribution >= 0.6 is 0 Å². The number of ether oxygens (including phenoxy) is 1. The van der Waals surface area contributed by atoms with Crippen molar-refractivity contribution in [2.24, 2.45) is 0 Å². The highest BCUT2D eigenvalue weighted by atomic mass is 16.5. The molecule has 0 unspecified atom stereocenters. The van der Waals surface area contributed by atoms with Crippen LogP contribution in [0.1, 0.15) is 18.4 Å². The summed E-state index contributed by atoms with van der Waals surface area (Å²) in [7, 11) is 3.58. The number of hydrogen-bond donors (Lipinski definition) is 2. The fraction of sp³-hybridized carbons (Fsp3) is 0.636. The molecule has 90 valence electrons. The predicted octanol–water partition coefficient (Wildman–Crippen LogP) is 1.67. The molecule has 0 amide bonds. The van der Waals surface area contributed by atoms with Gasteiger partial charge in [0.1, 0.15) is 18.0 Å². The fourth-order valence-electron chi connectivity index (χ4n) is 1.46. The third-order valence-electron chi connectivity index (χ3n) is 2.39. The van der Waals surface area contributed by atoms with Gasteiger partial charge < -0.3 is 15.4 Å². The number of anilines is 2. The highest BCUT2D eigenvalue weighted by molar-refractivity contribution is 5.55. The van der Waals surface area contributed by atoms with E-state index in [1.165, 1.54) is 0 Å². The molecule has 0 spiro atoms. The lowest BCUT2D eigenvalue weighted by molar-refractivity contribution is 0.194. The van der Waals surface area contributed by atoms with Gasteiger partial charge in [0.15, 0.2) is 0 Å². The Morgan fingerprint density at radius 2 is 2.00 bits per heavy atom. The summed E-state index contributed by atoms with van der Waals surface area (Å²) in [4.78, 5) is 8.34. The highest BCUT2D eigenvalue weighted by Crippen LogP contribution is 2.17. The lowest BCUT2D eigenvalue weighted by atomic mass is 10.3. The van der Waals surface area contributed by atoms with Crippen molar-refractivity contribution in [2.45, 2.75) is 19.8 Å². The van der Waals surface area contributed by atoms with Gasteiger partial charge in [0.25, 0.3) is 0 Å². The van der Waals surface area contributed by atoms with E-state index in [2.05, 4.69) is 20.6 Å². The van der Waals surface area contributed by atoms with Crippen LogP contribution in [0.25, 0.3) is 0 Å². The van der Waals surface area contributed by atoms with Crippen LogP contribution in [0.15, 0.2) is 6.33 Å². The van der Waals surface area contributed by atoms with Gasteiger partial charge in [-0.3, -0.25) is 0 Å². The zero-order valence-electron chi connectivity index (χ0n) is 10.2. The molecule has 0 aromatic carbocycles. The maximum atomic E-state index is 4.99. The molecule has 0 aliphatic carbocycles. The molecule has 1 rings (SSSR count). The molecule has 0 atom stereocenters.